The Morgan fingerprint density at radius 1 is 1.33 bits per heavy atom. The first-order valence-electron chi connectivity index (χ1n) is 6.06. The van der Waals surface area contributed by atoms with Crippen LogP contribution in [0.5, 0.6) is 5.75 Å². The summed E-state index contributed by atoms with van der Waals surface area (Å²) in [5.41, 5.74) is 6.21. The highest BCUT2D eigenvalue weighted by atomic mass is 35.5. The molecular formula is C14H12ClFN2O3. The highest BCUT2D eigenvalue weighted by Gasteiger charge is 2.14. The molecule has 21 heavy (non-hydrogen) atoms. The number of nitro benzene ring substituents is 1. The Balaban J connectivity index is 2.17. The Kier molecular flexibility index (Phi) is 4.72. The van der Waals surface area contributed by atoms with Gasteiger partial charge in [0.1, 0.15) is 12.4 Å². The van der Waals surface area contributed by atoms with E-state index >= 15 is 0 Å². The lowest BCUT2D eigenvalue weighted by atomic mass is 10.2. The fraction of sp³-hybridized carbons (Fsp3) is 0.143. The van der Waals surface area contributed by atoms with Crippen LogP contribution in [0.2, 0.25) is 5.02 Å². The molecule has 0 saturated carbocycles. The molecule has 7 heteroatoms. The molecule has 0 spiro atoms. The van der Waals surface area contributed by atoms with Gasteiger partial charge in [-0.2, -0.15) is 4.39 Å². The number of ether oxygens (including phenoxy) is 1. The molecular weight excluding hydrogens is 299 g/mol. The Labute approximate surface area is 125 Å². The van der Waals surface area contributed by atoms with E-state index < -0.39 is 16.4 Å². The van der Waals surface area contributed by atoms with E-state index in [9.17, 15) is 14.5 Å². The minimum atomic E-state index is -0.903. The third kappa shape index (κ3) is 3.48. The van der Waals surface area contributed by atoms with Gasteiger partial charge in [-0.15, -0.1) is 0 Å². The van der Waals surface area contributed by atoms with Gasteiger partial charge >= 0.3 is 5.69 Å². The second kappa shape index (κ2) is 6.51. The molecule has 0 radical (unpaired) electrons. The lowest BCUT2D eigenvalue weighted by Crippen LogP contribution is -2.04. The number of nitro groups is 1. The van der Waals surface area contributed by atoms with Crippen LogP contribution < -0.4 is 10.5 Å². The predicted molar refractivity (Wildman–Crippen MR) is 76.7 cm³/mol. The molecule has 0 aliphatic heterocycles. The molecule has 0 aliphatic rings. The maximum absolute atomic E-state index is 13.5. The maximum Gasteiger partial charge on any atom is 0.304 e. The summed E-state index contributed by atoms with van der Waals surface area (Å²) >= 11 is 6.03. The molecule has 0 bridgehead atoms. The Morgan fingerprint density at radius 3 is 2.71 bits per heavy atom. The Morgan fingerprint density at radius 2 is 2.10 bits per heavy atom. The van der Waals surface area contributed by atoms with Crippen LogP contribution in [0, 0.1) is 15.9 Å². The number of halogens is 2. The summed E-state index contributed by atoms with van der Waals surface area (Å²) in [7, 11) is 0. The van der Waals surface area contributed by atoms with Gasteiger partial charge in [0.05, 0.1) is 9.95 Å². The van der Waals surface area contributed by atoms with E-state index in [2.05, 4.69) is 0 Å². The van der Waals surface area contributed by atoms with Crippen LogP contribution in [-0.4, -0.2) is 4.92 Å². The number of nitrogens with two attached hydrogens (primary N) is 1. The molecule has 0 unspecified atom stereocenters. The van der Waals surface area contributed by atoms with E-state index in [1.807, 2.05) is 0 Å². The molecule has 5 nitrogen and oxygen atoms in total. The van der Waals surface area contributed by atoms with Gasteiger partial charge in [0.2, 0.25) is 5.82 Å². The monoisotopic (exact) mass is 310 g/mol. The van der Waals surface area contributed by atoms with Crippen molar-refractivity contribution < 1.29 is 14.1 Å². The van der Waals surface area contributed by atoms with Gasteiger partial charge < -0.3 is 10.5 Å². The molecule has 0 fully saturated rings. The third-order valence-electron chi connectivity index (χ3n) is 2.86. The fourth-order valence-corrected chi connectivity index (χ4v) is 2.07. The number of hydrogen-bond acceptors (Lipinski definition) is 4. The summed E-state index contributed by atoms with van der Waals surface area (Å²) < 4.78 is 19.1. The first kappa shape index (κ1) is 15.2. The van der Waals surface area contributed by atoms with Crippen molar-refractivity contribution in [3.05, 3.63) is 68.5 Å². The summed E-state index contributed by atoms with van der Waals surface area (Å²) in [6.45, 7) is 0.288. The van der Waals surface area contributed by atoms with Gasteiger partial charge in [0.25, 0.3) is 0 Å². The predicted octanol–water partition coefficient (Wildman–Crippen LogP) is 3.43. The molecule has 0 heterocycles. The first-order chi connectivity index (χ1) is 10.0. The van der Waals surface area contributed by atoms with E-state index in [4.69, 9.17) is 22.1 Å². The molecule has 0 aromatic heterocycles. The zero-order valence-corrected chi connectivity index (χ0v) is 11.6. The van der Waals surface area contributed by atoms with Gasteiger partial charge in [-0.05, 0) is 23.8 Å². The van der Waals surface area contributed by atoms with Crippen molar-refractivity contribution >= 4 is 17.3 Å². The Hall–Kier alpha value is -2.18. The number of rotatable bonds is 5. The zero-order valence-electron chi connectivity index (χ0n) is 10.9. The normalized spacial score (nSPS) is 10.4. The van der Waals surface area contributed by atoms with E-state index in [0.717, 1.165) is 17.7 Å². The summed E-state index contributed by atoms with van der Waals surface area (Å²) in [4.78, 5) is 9.77. The standard InChI is InChI=1S/C14H12ClFN2O3/c15-11-3-1-2-10(7-17)14(11)21-8-9-4-5-13(18(19)20)12(16)6-9/h1-6H,7-8,17H2. The summed E-state index contributed by atoms with van der Waals surface area (Å²) in [6, 6.07) is 8.79. The van der Waals surface area contributed by atoms with Crippen LogP contribution in [0.4, 0.5) is 10.1 Å². The molecule has 2 aromatic rings. The molecule has 0 aliphatic carbocycles. The van der Waals surface area contributed by atoms with Gasteiger partial charge in [-0.1, -0.05) is 23.7 Å². The van der Waals surface area contributed by atoms with Crippen LogP contribution >= 0.6 is 11.6 Å². The van der Waals surface area contributed by atoms with Crippen molar-refractivity contribution in [3.63, 3.8) is 0 Å². The third-order valence-corrected chi connectivity index (χ3v) is 3.16. The molecule has 2 rings (SSSR count). The van der Waals surface area contributed by atoms with Gasteiger partial charge in [-0.3, -0.25) is 10.1 Å². The molecule has 0 atom stereocenters. The number of hydrogen-bond donors (Lipinski definition) is 1. The minimum absolute atomic E-state index is 0.0334. The van der Waals surface area contributed by atoms with Gasteiger partial charge in [0.15, 0.2) is 0 Å². The van der Waals surface area contributed by atoms with Crippen molar-refractivity contribution in [2.75, 3.05) is 0 Å². The molecule has 0 amide bonds. The minimum Gasteiger partial charge on any atom is -0.487 e. The fourth-order valence-electron chi connectivity index (χ4n) is 1.82. The van der Waals surface area contributed by atoms with Crippen LogP contribution in [0.15, 0.2) is 36.4 Å². The van der Waals surface area contributed by atoms with Crippen LogP contribution in [0.25, 0.3) is 0 Å². The first-order valence-corrected chi connectivity index (χ1v) is 6.43. The van der Waals surface area contributed by atoms with Gasteiger partial charge in [-0.25, -0.2) is 0 Å². The summed E-state index contributed by atoms with van der Waals surface area (Å²) in [5.74, 6) is -0.472. The van der Waals surface area contributed by atoms with E-state index in [1.165, 1.54) is 6.07 Å². The molecule has 110 valence electrons. The van der Waals surface area contributed by atoms with Crippen molar-refractivity contribution in [2.24, 2.45) is 5.73 Å². The molecule has 2 N–H and O–H groups in total. The van der Waals surface area contributed by atoms with E-state index in [0.29, 0.717) is 16.3 Å². The zero-order chi connectivity index (χ0) is 15.4. The lowest BCUT2D eigenvalue weighted by molar-refractivity contribution is -0.387. The van der Waals surface area contributed by atoms with Crippen molar-refractivity contribution in [1.29, 1.82) is 0 Å². The highest BCUT2D eigenvalue weighted by molar-refractivity contribution is 6.32. The van der Waals surface area contributed by atoms with E-state index in [-0.39, 0.29) is 13.2 Å². The topological polar surface area (TPSA) is 78.4 Å². The second-order valence-electron chi connectivity index (χ2n) is 4.26. The van der Waals surface area contributed by atoms with Crippen molar-refractivity contribution in [2.45, 2.75) is 13.2 Å². The second-order valence-corrected chi connectivity index (χ2v) is 4.67. The van der Waals surface area contributed by atoms with Crippen LogP contribution in [0.3, 0.4) is 0 Å². The van der Waals surface area contributed by atoms with E-state index in [1.54, 1.807) is 18.2 Å². The highest BCUT2D eigenvalue weighted by Crippen LogP contribution is 2.29. The van der Waals surface area contributed by atoms with Crippen LogP contribution in [0.1, 0.15) is 11.1 Å². The summed E-state index contributed by atoms with van der Waals surface area (Å²) in [5, 5.41) is 10.9. The number of para-hydroxylation sites is 1. The smallest absolute Gasteiger partial charge is 0.304 e. The number of nitrogens with zero attached hydrogens (tertiary/aromatic N) is 1. The summed E-state index contributed by atoms with van der Waals surface area (Å²) in [6.07, 6.45) is 0. The largest absolute Gasteiger partial charge is 0.487 e. The molecule has 2 aromatic carbocycles. The van der Waals surface area contributed by atoms with Crippen molar-refractivity contribution in [1.82, 2.24) is 0 Å². The van der Waals surface area contributed by atoms with Crippen molar-refractivity contribution in [3.8, 4) is 5.75 Å². The van der Waals surface area contributed by atoms with Gasteiger partial charge in [0, 0.05) is 18.2 Å². The lowest BCUT2D eigenvalue weighted by Gasteiger charge is -2.12. The van der Waals surface area contributed by atoms with Crippen LogP contribution in [-0.2, 0) is 13.2 Å². The quantitative estimate of drug-likeness (QED) is 0.678. The Bertz CT molecular complexity index is 679. The SMILES string of the molecule is NCc1cccc(Cl)c1OCc1ccc([N+](=O)[O-])c(F)c1. The number of benzene rings is 2. The average molecular weight is 311 g/mol. The average Bonchev–Trinajstić information content (AvgIpc) is 2.45. The maximum atomic E-state index is 13.5. The molecule has 0 saturated heterocycles.